The summed E-state index contributed by atoms with van der Waals surface area (Å²) in [7, 11) is 5.98. The summed E-state index contributed by atoms with van der Waals surface area (Å²) in [6.45, 7) is 0.834. The Labute approximate surface area is 104 Å². The van der Waals surface area contributed by atoms with E-state index in [-0.39, 0.29) is 12.4 Å². The third-order valence-electron chi connectivity index (χ3n) is 3.71. The molecule has 1 saturated heterocycles. The van der Waals surface area contributed by atoms with Gasteiger partial charge in [0.25, 0.3) is 0 Å². The Balaban J connectivity index is 1.72. The average Bonchev–Trinajstić information content (AvgIpc) is 2.76. The third kappa shape index (κ3) is 2.27. The van der Waals surface area contributed by atoms with Crippen LogP contribution in [0.3, 0.4) is 0 Å². The molecule has 1 unspecified atom stereocenters. The lowest BCUT2D eigenvalue weighted by atomic mass is 9.88. The van der Waals surface area contributed by atoms with Crippen molar-refractivity contribution in [2.45, 2.75) is 44.5 Å². The summed E-state index contributed by atoms with van der Waals surface area (Å²) in [6, 6.07) is 6.11. The normalized spacial score (nSPS) is 28.0. The zero-order valence-corrected chi connectivity index (χ0v) is 10.0. The van der Waals surface area contributed by atoms with Crippen LogP contribution in [-0.2, 0) is 15.9 Å². The highest BCUT2D eigenvalue weighted by atomic mass is 16.7. The fourth-order valence-corrected chi connectivity index (χ4v) is 2.79. The van der Waals surface area contributed by atoms with Crippen molar-refractivity contribution in [2.24, 2.45) is 0 Å². The first-order chi connectivity index (χ1) is 8.34. The smallest absolute Gasteiger partial charge is 0.158 e. The van der Waals surface area contributed by atoms with Crippen molar-refractivity contribution in [2.75, 3.05) is 6.61 Å². The minimum atomic E-state index is -0.0128. The van der Waals surface area contributed by atoms with E-state index in [0.717, 1.165) is 37.8 Å². The van der Waals surface area contributed by atoms with E-state index in [0.29, 0.717) is 0 Å². The molecule has 88 valence electrons. The molecule has 1 fully saturated rings. The highest BCUT2D eigenvalue weighted by molar-refractivity contribution is 6.33. The second kappa shape index (κ2) is 4.83. The summed E-state index contributed by atoms with van der Waals surface area (Å²) >= 11 is 0. The third-order valence-corrected chi connectivity index (χ3v) is 3.71. The van der Waals surface area contributed by atoms with Crippen molar-refractivity contribution in [1.29, 1.82) is 0 Å². The minimum Gasteiger partial charge on any atom is -0.353 e. The van der Waals surface area contributed by atoms with Crippen molar-refractivity contribution in [3.63, 3.8) is 0 Å². The van der Waals surface area contributed by atoms with Gasteiger partial charge in [0.2, 0.25) is 0 Å². The molecule has 17 heavy (non-hydrogen) atoms. The maximum atomic E-state index is 6.06. The van der Waals surface area contributed by atoms with Gasteiger partial charge in [-0.25, -0.2) is 0 Å². The van der Waals surface area contributed by atoms with Crippen molar-refractivity contribution in [3.05, 3.63) is 29.3 Å². The van der Waals surface area contributed by atoms with Gasteiger partial charge in [-0.05, 0) is 43.2 Å². The quantitative estimate of drug-likeness (QED) is 0.721. The van der Waals surface area contributed by atoms with Crippen molar-refractivity contribution >= 4 is 13.3 Å². The molecule has 0 bridgehead atoms. The van der Waals surface area contributed by atoms with Gasteiger partial charge in [0.1, 0.15) is 7.85 Å². The van der Waals surface area contributed by atoms with Crippen LogP contribution >= 0.6 is 0 Å². The lowest BCUT2D eigenvalue weighted by Gasteiger charge is -2.26. The number of benzene rings is 1. The van der Waals surface area contributed by atoms with Gasteiger partial charge in [-0.3, -0.25) is 0 Å². The predicted molar refractivity (Wildman–Crippen MR) is 67.6 cm³/mol. The monoisotopic (exact) mass is 228 g/mol. The molecular weight excluding hydrogens is 211 g/mol. The molecule has 3 rings (SSSR count). The SMILES string of the molecule is [B]c1cccc2c1CC[C@@H]2OC1CCCCO1. The highest BCUT2D eigenvalue weighted by Gasteiger charge is 2.27. The van der Waals surface area contributed by atoms with Crippen LogP contribution in [0.25, 0.3) is 0 Å². The summed E-state index contributed by atoms with van der Waals surface area (Å²) in [4.78, 5) is 0. The van der Waals surface area contributed by atoms with E-state index in [9.17, 15) is 0 Å². The average molecular weight is 228 g/mol. The topological polar surface area (TPSA) is 18.5 Å². The van der Waals surface area contributed by atoms with Gasteiger partial charge in [-0.1, -0.05) is 23.7 Å². The maximum Gasteiger partial charge on any atom is 0.158 e. The second-order valence-electron chi connectivity index (χ2n) is 4.87. The largest absolute Gasteiger partial charge is 0.353 e. The van der Waals surface area contributed by atoms with Gasteiger partial charge in [0, 0.05) is 6.61 Å². The number of rotatable bonds is 2. The molecule has 0 amide bonds. The van der Waals surface area contributed by atoms with Gasteiger partial charge < -0.3 is 9.47 Å². The second-order valence-corrected chi connectivity index (χ2v) is 4.87. The first-order valence-electron chi connectivity index (χ1n) is 6.49. The van der Waals surface area contributed by atoms with Crippen LogP contribution in [0.5, 0.6) is 0 Å². The first kappa shape index (κ1) is 11.3. The van der Waals surface area contributed by atoms with E-state index < -0.39 is 0 Å². The molecule has 1 aliphatic carbocycles. The standard InChI is InChI=1S/C14H17BO2/c15-12-5-3-4-11-10(12)7-8-13(11)17-14-6-1-2-9-16-14/h3-5,13-14H,1-2,6-9H2/t13-,14?/m0/s1. The van der Waals surface area contributed by atoms with Crippen LogP contribution in [0.2, 0.25) is 0 Å². The van der Waals surface area contributed by atoms with Crippen LogP contribution < -0.4 is 5.46 Å². The van der Waals surface area contributed by atoms with Crippen LogP contribution in [0.1, 0.15) is 42.9 Å². The van der Waals surface area contributed by atoms with Crippen molar-refractivity contribution in [3.8, 4) is 0 Å². The van der Waals surface area contributed by atoms with Crippen molar-refractivity contribution < 1.29 is 9.47 Å². The van der Waals surface area contributed by atoms with Crippen LogP contribution in [0, 0.1) is 0 Å². The molecule has 2 radical (unpaired) electrons. The summed E-state index contributed by atoms with van der Waals surface area (Å²) in [5.41, 5.74) is 3.44. The Morgan fingerprint density at radius 2 is 2.18 bits per heavy atom. The molecule has 1 heterocycles. The lowest BCUT2D eigenvalue weighted by molar-refractivity contribution is -0.189. The fourth-order valence-electron chi connectivity index (χ4n) is 2.79. The lowest BCUT2D eigenvalue weighted by Crippen LogP contribution is -2.24. The minimum absolute atomic E-state index is 0.0128. The summed E-state index contributed by atoms with van der Waals surface area (Å²) < 4.78 is 11.7. The number of ether oxygens (including phenoxy) is 2. The zero-order valence-electron chi connectivity index (χ0n) is 10.0. The van der Waals surface area contributed by atoms with Crippen LogP contribution in [0.4, 0.5) is 0 Å². The maximum absolute atomic E-state index is 6.06. The van der Waals surface area contributed by atoms with E-state index in [1.807, 2.05) is 12.1 Å². The molecular formula is C14H17BO2. The predicted octanol–water partition coefficient (Wildman–Crippen LogP) is 2.01. The Bertz CT molecular complexity index is 399. The van der Waals surface area contributed by atoms with Gasteiger partial charge in [0.15, 0.2) is 6.29 Å². The van der Waals surface area contributed by atoms with E-state index in [4.69, 9.17) is 17.3 Å². The van der Waals surface area contributed by atoms with E-state index in [1.165, 1.54) is 17.5 Å². The molecule has 1 aromatic rings. The number of fused-ring (bicyclic) bond motifs is 1. The van der Waals surface area contributed by atoms with Gasteiger partial charge in [-0.15, -0.1) is 0 Å². The highest BCUT2D eigenvalue weighted by Crippen LogP contribution is 2.34. The first-order valence-corrected chi connectivity index (χ1v) is 6.49. The van der Waals surface area contributed by atoms with Crippen LogP contribution in [0.15, 0.2) is 18.2 Å². The van der Waals surface area contributed by atoms with Gasteiger partial charge in [0.05, 0.1) is 6.10 Å². The molecule has 1 aliphatic heterocycles. The summed E-state index contributed by atoms with van der Waals surface area (Å²) in [6.07, 6.45) is 5.62. The molecule has 1 aromatic carbocycles. The van der Waals surface area contributed by atoms with E-state index in [1.54, 1.807) is 0 Å². The molecule has 0 saturated carbocycles. The summed E-state index contributed by atoms with van der Waals surface area (Å²) in [5.74, 6) is 0. The Kier molecular flexibility index (Phi) is 3.21. The molecule has 2 aliphatic rings. The Morgan fingerprint density at radius 1 is 1.24 bits per heavy atom. The Hall–Kier alpha value is -0.795. The number of hydrogen-bond acceptors (Lipinski definition) is 2. The Morgan fingerprint density at radius 3 is 3.00 bits per heavy atom. The van der Waals surface area contributed by atoms with Gasteiger partial charge in [-0.2, -0.15) is 0 Å². The van der Waals surface area contributed by atoms with Crippen molar-refractivity contribution in [1.82, 2.24) is 0 Å². The fraction of sp³-hybridized carbons (Fsp3) is 0.571. The molecule has 0 aromatic heterocycles. The van der Waals surface area contributed by atoms with Gasteiger partial charge >= 0.3 is 0 Å². The molecule has 2 nitrogen and oxygen atoms in total. The molecule has 2 atom stereocenters. The zero-order chi connectivity index (χ0) is 11.7. The summed E-state index contributed by atoms with van der Waals surface area (Å²) in [5, 5.41) is 0. The molecule has 0 N–H and O–H groups in total. The number of hydrogen-bond donors (Lipinski definition) is 0. The molecule has 0 spiro atoms. The van der Waals surface area contributed by atoms with E-state index in [2.05, 4.69) is 6.07 Å². The van der Waals surface area contributed by atoms with E-state index >= 15 is 0 Å². The van der Waals surface area contributed by atoms with Crippen LogP contribution in [-0.4, -0.2) is 20.7 Å². The molecule has 3 heteroatoms.